The number of halogens is 2. The van der Waals surface area contributed by atoms with Gasteiger partial charge in [0.2, 0.25) is 0 Å². The van der Waals surface area contributed by atoms with Crippen LogP contribution in [0.2, 0.25) is 10.0 Å². The number of nitrogens with zero attached hydrogens (tertiary/aromatic N) is 1. The highest BCUT2D eigenvalue weighted by Gasteiger charge is 2.11. The van der Waals surface area contributed by atoms with E-state index in [0.717, 1.165) is 5.56 Å². The molecule has 3 rings (SSSR count). The Morgan fingerprint density at radius 2 is 1.71 bits per heavy atom. The van der Waals surface area contributed by atoms with Gasteiger partial charge in [0.05, 0.1) is 22.2 Å². The predicted octanol–water partition coefficient (Wildman–Crippen LogP) is 6.29. The summed E-state index contributed by atoms with van der Waals surface area (Å²) in [6, 6.07) is 20.4. The predicted molar refractivity (Wildman–Crippen MR) is 132 cm³/mol. The number of hydrogen-bond acceptors (Lipinski definition) is 5. The van der Waals surface area contributed by atoms with Gasteiger partial charge in [-0.05, 0) is 72.7 Å². The fraction of sp³-hybridized carbons (Fsp3) is 0.115. The average molecular weight is 495 g/mol. The standard InChI is InChI=1S/C26H20Cl2N2O4/c1-2-33-26(32)19-6-8-21(9-7-19)30-25(31)20(15-29)13-17-3-10-22(11-4-17)34-16-18-5-12-23(27)24(28)14-18/h3-14H,2,16H2,1H3,(H,30,31)/b20-13+. The summed E-state index contributed by atoms with van der Waals surface area (Å²) in [5.41, 5.74) is 2.28. The topological polar surface area (TPSA) is 88.4 Å². The van der Waals surface area contributed by atoms with Gasteiger partial charge in [-0.3, -0.25) is 4.79 Å². The lowest BCUT2D eigenvalue weighted by Gasteiger charge is -2.08. The van der Waals surface area contributed by atoms with Crippen LogP contribution in [0, 0.1) is 11.3 Å². The van der Waals surface area contributed by atoms with E-state index >= 15 is 0 Å². The SMILES string of the molecule is CCOC(=O)c1ccc(NC(=O)/C(C#N)=C/c2ccc(OCc3ccc(Cl)c(Cl)c3)cc2)cc1. The van der Waals surface area contributed by atoms with Gasteiger partial charge in [-0.1, -0.05) is 41.4 Å². The van der Waals surface area contributed by atoms with Gasteiger partial charge in [-0.15, -0.1) is 0 Å². The van der Waals surface area contributed by atoms with E-state index in [1.807, 2.05) is 12.1 Å². The van der Waals surface area contributed by atoms with Gasteiger partial charge in [-0.25, -0.2) is 4.79 Å². The van der Waals surface area contributed by atoms with Gasteiger partial charge in [0.25, 0.3) is 5.91 Å². The third-order valence-electron chi connectivity index (χ3n) is 4.60. The second-order valence-corrected chi connectivity index (χ2v) is 7.84. The molecule has 0 spiro atoms. The smallest absolute Gasteiger partial charge is 0.338 e. The van der Waals surface area contributed by atoms with E-state index in [9.17, 15) is 14.9 Å². The number of ether oxygens (including phenoxy) is 2. The van der Waals surface area contributed by atoms with Crippen LogP contribution in [0.1, 0.15) is 28.4 Å². The van der Waals surface area contributed by atoms with Crippen LogP contribution >= 0.6 is 23.2 Å². The summed E-state index contributed by atoms with van der Waals surface area (Å²) in [4.78, 5) is 24.2. The lowest BCUT2D eigenvalue weighted by molar-refractivity contribution is -0.112. The normalized spacial score (nSPS) is 10.8. The Labute approximate surface area is 207 Å². The highest BCUT2D eigenvalue weighted by atomic mass is 35.5. The molecule has 0 aromatic heterocycles. The molecule has 0 aliphatic carbocycles. The first-order valence-corrected chi connectivity index (χ1v) is 11.0. The molecule has 0 saturated heterocycles. The number of nitrogens with one attached hydrogen (secondary N) is 1. The molecule has 0 aliphatic heterocycles. The summed E-state index contributed by atoms with van der Waals surface area (Å²) in [6.07, 6.45) is 1.48. The van der Waals surface area contributed by atoms with E-state index in [1.54, 1.807) is 67.6 Å². The molecule has 0 aliphatic rings. The van der Waals surface area contributed by atoms with E-state index in [-0.39, 0.29) is 12.2 Å². The van der Waals surface area contributed by atoms with Crippen LogP contribution < -0.4 is 10.1 Å². The summed E-state index contributed by atoms with van der Waals surface area (Å²) < 4.78 is 10.7. The quantitative estimate of drug-likeness (QED) is 0.225. The number of carbonyl (C=O) groups excluding carboxylic acids is 2. The Morgan fingerprint density at radius 3 is 2.32 bits per heavy atom. The van der Waals surface area contributed by atoms with E-state index in [1.165, 1.54) is 6.08 Å². The zero-order valence-electron chi connectivity index (χ0n) is 18.2. The summed E-state index contributed by atoms with van der Waals surface area (Å²) in [5, 5.41) is 13.0. The van der Waals surface area contributed by atoms with Crippen molar-refractivity contribution in [2.45, 2.75) is 13.5 Å². The zero-order chi connectivity index (χ0) is 24.5. The van der Waals surface area contributed by atoms with Crippen molar-refractivity contribution in [3.05, 3.63) is 99.0 Å². The minimum absolute atomic E-state index is 0.0704. The molecule has 8 heteroatoms. The third-order valence-corrected chi connectivity index (χ3v) is 5.34. The van der Waals surface area contributed by atoms with Gasteiger partial charge >= 0.3 is 5.97 Å². The monoisotopic (exact) mass is 494 g/mol. The van der Waals surface area contributed by atoms with Crippen LogP contribution in [0.4, 0.5) is 5.69 Å². The number of esters is 1. The molecular weight excluding hydrogens is 475 g/mol. The largest absolute Gasteiger partial charge is 0.489 e. The maximum Gasteiger partial charge on any atom is 0.338 e. The Kier molecular flexibility index (Phi) is 8.69. The molecule has 1 N–H and O–H groups in total. The van der Waals surface area contributed by atoms with Crippen LogP contribution in [-0.4, -0.2) is 18.5 Å². The molecule has 0 unspecified atom stereocenters. The molecule has 0 heterocycles. The Morgan fingerprint density at radius 1 is 1.00 bits per heavy atom. The van der Waals surface area contributed by atoms with Crippen LogP contribution in [-0.2, 0) is 16.1 Å². The minimum atomic E-state index is -0.564. The third kappa shape index (κ3) is 6.85. The first-order chi connectivity index (χ1) is 16.4. The Bertz CT molecular complexity index is 1250. The summed E-state index contributed by atoms with van der Waals surface area (Å²) in [7, 11) is 0. The van der Waals surface area contributed by atoms with Gasteiger partial charge in [0.15, 0.2) is 0 Å². The minimum Gasteiger partial charge on any atom is -0.489 e. The van der Waals surface area contributed by atoms with Crippen molar-refractivity contribution in [3.63, 3.8) is 0 Å². The van der Waals surface area contributed by atoms with E-state index in [2.05, 4.69) is 5.32 Å². The van der Waals surface area contributed by atoms with Crippen molar-refractivity contribution >= 4 is 46.8 Å². The maximum atomic E-state index is 12.5. The molecule has 0 radical (unpaired) electrons. The molecule has 0 saturated carbocycles. The van der Waals surface area contributed by atoms with E-state index < -0.39 is 11.9 Å². The van der Waals surface area contributed by atoms with E-state index in [4.69, 9.17) is 32.7 Å². The highest BCUT2D eigenvalue weighted by molar-refractivity contribution is 6.42. The number of carbonyl (C=O) groups is 2. The molecule has 172 valence electrons. The Balaban J connectivity index is 1.61. The van der Waals surface area contributed by atoms with Crippen molar-refractivity contribution in [2.24, 2.45) is 0 Å². The summed E-state index contributed by atoms with van der Waals surface area (Å²) >= 11 is 11.9. The lowest BCUT2D eigenvalue weighted by Crippen LogP contribution is -2.13. The van der Waals surface area contributed by atoms with Gasteiger partial charge in [-0.2, -0.15) is 5.26 Å². The molecule has 3 aromatic rings. The van der Waals surface area contributed by atoms with Crippen molar-refractivity contribution in [1.29, 1.82) is 5.26 Å². The molecule has 0 fully saturated rings. The number of benzene rings is 3. The lowest BCUT2D eigenvalue weighted by atomic mass is 10.1. The van der Waals surface area contributed by atoms with Gasteiger partial charge in [0, 0.05) is 5.69 Å². The van der Waals surface area contributed by atoms with Gasteiger partial charge in [0.1, 0.15) is 24.0 Å². The van der Waals surface area contributed by atoms with Crippen molar-refractivity contribution in [3.8, 4) is 11.8 Å². The molecule has 0 bridgehead atoms. The molecule has 3 aromatic carbocycles. The second kappa shape index (κ2) is 11.9. The number of rotatable bonds is 8. The number of hydrogen-bond donors (Lipinski definition) is 1. The number of anilines is 1. The highest BCUT2D eigenvalue weighted by Crippen LogP contribution is 2.24. The fourth-order valence-corrected chi connectivity index (χ4v) is 3.19. The van der Waals surface area contributed by atoms with E-state index in [0.29, 0.717) is 39.2 Å². The maximum absolute atomic E-state index is 12.5. The molecule has 0 atom stereocenters. The fourth-order valence-electron chi connectivity index (χ4n) is 2.87. The van der Waals surface area contributed by atoms with Gasteiger partial charge < -0.3 is 14.8 Å². The molecular formula is C26H20Cl2N2O4. The van der Waals surface area contributed by atoms with Crippen LogP contribution in [0.3, 0.4) is 0 Å². The second-order valence-electron chi connectivity index (χ2n) is 7.03. The van der Waals surface area contributed by atoms with Crippen LogP contribution in [0.25, 0.3) is 6.08 Å². The Hall–Kier alpha value is -3.79. The van der Waals surface area contributed by atoms with Crippen molar-refractivity contribution < 1.29 is 19.1 Å². The molecule has 34 heavy (non-hydrogen) atoms. The summed E-state index contributed by atoms with van der Waals surface area (Å²) in [5.74, 6) is -0.387. The zero-order valence-corrected chi connectivity index (χ0v) is 19.7. The van der Waals surface area contributed by atoms with Crippen LogP contribution in [0.15, 0.2) is 72.3 Å². The number of amides is 1. The molecule has 6 nitrogen and oxygen atoms in total. The molecule has 1 amide bonds. The van der Waals surface area contributed by atoms with Crippen LogP contribution in [0.5, 0.6) is 5.75 Å². The van der Waals surface area contributed by atoms with Crippen molar-refractivity contribution in [1.82, 2.24) is 0 Å². The number of nitriles is 1. The average Bonchev–Trinajstić information content (AvgIpc) is 2.84. The first-order valence-electron chi connectivity index (χ1n) is 10.3. The summed E-state index contributed by atoms with van der Waals surface area (Å²) in [6.45, 7) is 2.31. The first kappa shape index (κ1) is 24.8. The van der Waals surface area contributed by atoms with Crippen molar-refractivity contribution in [2.75, 3.05) is 11.9 Å².